The van der Waals surface area contributed by atoms with E-state index in [0.29, 0.717) is 0 Å². The minimum absolute atomic E-state index is 0.0384. The second kappa shape index (κ2) is 4.56. The topological polar surface area (TPSA) is 46.2 Å². The summed E-state index contributed by atoms with van der Waals surface area (Å²) in [4.78, 5) is 0. The Morgan fingerprint density at radius 2 is 2.06 bits per heavy atom. The fourth-order valence-electron chi connectivity index (χ4n) is 2.52. The lowest BCUT2D eigenvalue weighted by Gasteiger charge is -2.26. The highest BCUT2D eigenvalue weighted by atomic mass is 16.3. The number of benzene rings is 1. The third-order valence-electron chi connectivity index (χ3n) is 3.45. The maximum Gasteiger partial charge on any atom is 0.0611 e. The van der Waals surface area contributed by atoms with Gasteiger partial charge in [0.15, 0.2) is 0 Å². The average Bonchev–Trinajstić information content (AvgIpc) is 2.29. The van der Waals surface area contributed by atoms with Gasteiger partial charge < -0.3 is 10.8 Å². The van der Waals surface area contributed by atoms with Gasteiger partial charge in [-0.05, 0) is 55.7 Å². The number of rotatable bonds is 3. The second-order valence-corrected chi connectivity index (χ2v) is 5.25. The van der Waals surface area contributed by atoms with E-state index < -0.39 is 5.54 Å². The molecule has 1 aliphatic rings. The molecule has 1 atom stereocenters. The predicted molar refractivity (Wildman–Crippen MR) is 66.5 cm³/mol. The van der Waals surface area contributed by atoms with Gasteiger partial charge in [-0.15, -0.1) is 0 Å². The number of aliphatic hydroxyl groups excluding tert-OH is 1. The molecule has 1 aromatic carbocycles. The Labute approximate surface area is 97.5 Å². The summed E-state index contributed by atoms with van der Waals surface area (Å²) in [5.74, 6) is 0. The molecule has 1 aliphatic carbocycles. The molecule has 1 aromatic rings. The lowest BCUT2D eigenvalue weighted by atomic mass is 9.84. The quantitative estimate of drug-likeness (QED) is 0.814. The smallest absolute Gasteiger partial charge is 0.0611 e. The molecule has 1 unspecified atom stereocenters. The first kappa shape index (κ1) is 11.6. The molecule has 0 aromatic heterocycles. The summed E-state index contributed by atoms with van der Waals surface area (Å²) in [6, 6.07) is 6.50. The van der Waals surface area contributed by atoms with Crippen LogP contribution in [0.4, 0.5) is 0 Å². The van der Waals surface area contributed by atoms with Crippen LogP contribution < -0.4 is 5.73 Å². The Morgan fingerprint density at radius 3 is 2.81 bits per heavy atom. The van der Waals surface area contributed by atoms with Gasteiger partial charge in [-0.2, -0.15) is 0 Å². The SMILES string of the molecule is CC(N)(CO)Cc1cccc2c1CCCC2. The van der Waals surface area contributed by atoms with Crippen molar-refractivity contribution in [2.45, 2.75) is 44.6 Å². The van der Waals surface area contributed by atoms with Gasteiger partial charge in [-0.3, -0.25) is 0 Å². The zero-order valence-corrected chi connectivity index (χ0v) is 10.00. The monoisotopic (exact) mass is 219 g/mol. The Morgan fingerprint density at radius 1 is 1.31 bits per heavy atom. The van der Waals surface area contributed by atoms with Crippen LogP contribution in [-0.4, -0.2) is 17.3 Å². The number of nitrogens with two attached hydrogens (primary N) is 1. The summed E-state index contributed by atoms with van der Waals surface area (Å²) in [6.45, 7) is 1.95. The Bertz CT molecular complexity index is 371. The standard InChI is InChI=1S/C14H21NO/c1-14(15,10-16)9-12-7-4-6-11-5-2-3-8-13(11)12/h4,6-7,16H,2-3,5,8-10,15H2,1H3. The number of fused-ring (bicyclic) bond motifs is 1. The first-order valence-corrected chi connectivity index (χ1v) is 6.12. The molecule has 0 bridgehead atoms. The molecule has 2 nitrogen and oxygen atoms in total. The van der Waals surface area contributed by atoms with Crippen LogP contribution in [0.15, 0.2) is 18.2 Å². The Kier molecular flexibility index (Phi) is 3.31. The molecule has 0 heterocycles. The minimum atomic E-state index is -0.493. The van der Waals surface area contributed by atoms with Crippen molar-refractivity contribution in [2.24, 2.45) is 5.73 Å². The normalized spacial score (nSPS) is 18.9. The van der Waals surface area contributed by atoms with Crippen LogP contribution in [-0.2, 0) is 19.3 Å². The molecule has 0 aliphatic heterocycles. The number of aliphatic hydroxyl groups is 1. The van der Waals surface area contributed by atoms with E-state index in [2.05, 4.69) is 18.2 Å². The molecule has 2 rings (SSSR count). The molecular formula is C14H21NO. The van der Waals surface area contributed by atoms with Crippen molar-refractivity contribution in [2.75, 3.05) is 6.61 Å². The number of hydrogen-bond donors (Lipinski definition) is 2. The molecule has 16 heavy (non-hydrogen) atoms. The third kappa shape index (κ3) is 2.45. The fraction of sp³-hybridized carbons (Fsp3) is 0.571. The van der Waals surface area contributed by atoms with Crippen LogP contribution in [0.3, 0.4) is 0 Å². The summed E-state index contributed by atoms with van der Waals surface area (Å²) in [5, 5.41) is 9.23. The van der Waals surface area contributed by atoms with E-state index in [4.69, 9.17) is 5.73 Å². The maximum atomic E-state index is 9.23. The zero-order chi connectivity index (χ0) is 11.6. The molecule has 0 fully saturated rings. The van der Waals surface area contributed by atoms with E-state index in [1.165, 1.54) is 42.4 Å². The van der Waals surface area contributed by atoms with Gasteiger partial charge in [0.05, 0.1) is 6.61 Å². The molecule has 0 radical (unpaired) electrons. The Hall–Kier alpha value is -0.860. The van der Waals surface area contributed by atoms with Gasteiger partial charge in [0.1, 0.15) is 0 Å². The highest BCUT2D eigenvalue weighted by molar-refractivity contribution is 5.38. The highest BCUT2D eigenvalue weighted by Gasteiger charge is 2.21. The number of aryl methyl sites for hydroxylation is 1. The maximum absolute atomic E-state index is 9.23. The first-order valence-electron chi connectivity index (χ1n) is 6.12. The van der Waals surface area contributed by atoms with Gasteiger partial charge in [0, 0.05) is 5.54 Å². The van der Waals surface area contributed by atoms with Crippen LogP contribution in [0.5, 0.6) is 0 Å². The predicted octanol–water partition coefficient (Wildman–Crippen LogP) is 1.82. The summed E-state index contributed by atoms with van der Waals surface area (Å²) >= 11 is 0. The van der Waals surface area contributed by atoms with Crippen molar-refractivity contribution in [3.05, 3.63) is 34.9 Å². The van der Waals surface area contributed by atoms with Crippen molar-refractivity contribution >= 4 is 0 Å². The van der Waals surface area contributed by atoms with Crippen LogP contribution >= 0.6 is 0 Å². The summed E-state index contributed by atoms with van der Waals surface area (Å²) in [5.41, 5.74) is 9.84. The fourth-order valence-corrected chi connectivity index (χ4v) is 2.52. The molecule has 2 heteroatoms. The summed E-state index contributed by atoms with van der Waals surface area (Å²) in [6.07, 6.45) is 5.73. The van der Waals surface area contributed by atoms with E-state index in [1.807, 2.05) is 6.92 Å². The van der Waals surface area contributed by atoms with Gasteiger partial charge in [0.2, 0.25) is 0 Å². The molecule has 3 N–H and O–H groups in total. The number of hydrogen-bond acceptors (Lipinski definition) is 2. The van der Waals surface area contributed by atoms with Gasteiger partial charge in [0.25, 0.3) is 0 Å². The average molecular weight is 219 g/mol. The lowest BCUT2D eigenvalue weighted by molar-refractivity contribution is 0.208. The third-order valence-corrected chi connectivity index (χ3v) is 3.45. The molecule has 0 amide bonds. The van der Waals surface area contributed by atoms with Crippen LogP contribution in [0.2, 0.25) is 0 Å². The van der Waals surface area contributed by atoms with Crippen molar-refractivity contribution in [3.8, 4) is 0 Å². The van der Waals surface area contributed by atoms with Crippen molar-refractivity contribution in [3.63, 3.8) is 0 Å². The zero-order valence-electron chi connectivity index (χ0n) is 10.00. The molecule has 88 valence electrons. The van der Waals surface area contributed by atoms with Gasteiger partial charge >= 0.3 is 0 Å². The van der Waals surface area contributed by atoms with E-state index in [9.17, 15) is 5.11 Å². The van der Waals surface area contributed by atoms with Gasteiger partial charge in [-0.25, -0.2) is 0 Å². The van der Waals surface area contributed by atoms with E-state index in [1.54, 1.807) is 0 Å². The van der Waals surface area contributed by atoms with E-state index in [0.717, 1.165) is 6.42 Å². The van der Waals surface area contributed by atoms with Crippen LogP contribution in [0, 0.1) is 0 Å². The molecular weight excluding hydrogens is 198 g/mol. The first-order chi connectivity index (χ1) is 7.62. The van der Waals surface area contributed by atoms with Crippen LogP contribution in [0.1, 0.15) is 36.5 Å². The summed E-state index contributed by atoms with van der Waals surface area (Å²) in [7, 11) is 0. The minimum Gasteiger partial charge on any atom is -0.394 e. The largest absolute Gasteiger partial charge is 0.394 e. The van der Waals surface area contributed by atoms with Crippen molar-refractivity contribution < 1.29 is 5.11 Å². The van der Waals surface area contributed by atoms with Crippen molar-refractivity contribution in [1.29, 1.82) is 0 Å². The lowest BCUT2D eigenvalue weighted by Crippen LogP contribution is -2.42. The Balaban J connectivity index is 2.27. The highest BCUT2D eigenvalue weighted by Crippen LogP contribution is 2.26. The van der Waals surface area contributed by atoms with Gasteiger partial charge in [-0.1, -0.05) is 18.2 Å². The summed E-state index contributed by atoms with van der Waals surface area (Å²) < 4.78 is 0. The molecule has 0 saturated heterocycles. The van der Waals surface area contributed by atoms with E-state index >= 15 is 0 Å². The molecule has 0 saturated carbocycles. The van der Waals surface area contributed by atoms with Crippen LogP contribution in [0.25, 0.3) is 0 Å². The second-order valence-electron chi connectivity index (χ2n) is 5.25. The van der Waals surface area contributed by atoms with E-state index in [-0.39, 0.29) is 6.61 Å². The van der Waals surface area contributed by atoms with Crippen molar-refractivity contribution in [1.82, 2.24) is 0 Å². The molecule has 0 spiro atoms.